The van der Waals surface area contributed by atoms with Crippen molar-refractivity contribution in [3.8, 4) is 11.7 Å². The topological polar surface area (TPSA) is 86.4 Å². The molecule has 1 aliphatic rings. The fourth-order valence-corrected chi connectivity index (χ4v) is 4.30. The van der Waals surface area contributed by atoms with Crippen LogP contribution in [0.3, 0.4) is 0 Å². The third-order valence-electron chi connectivity index (χ3n) is 5.90. The van der Waals surface area contributed by atoms with E-state index in [0.29, 0.717) is 34.1 Å². The second kappa shape index (κ2) is 6.40. The molecule has 6 nitrogen and oxygen atoms in total. The Balaban J connectivity index is 1.26. The Labute approximate surface area is 185 Å². The predicted octanol–water partition coefficient (Wildman–Crippen LogP) is 6.45. The van der Waals surface area contributed by atoms with Gasteiger partial charge in [0.05, 0.1) is 5.57 Å². The van der Waals surface area contributed by atoms with Crippen LogP contribution in [0.1, 0.15) is 26.5 Å². The summed E-state index contributed by atoms with van der Waals surface area (Å²) >= 11 is 0. The van der Waals surface area contributed by atoms with Crippen molar-refractivity contribution < 1.29 is 22.8 Å². The van der Waals surface area contributed by atoms with E-state index in [2.05, 4.69) is 4.98 Å². The predicted molar refractivity (Wildman–Crippen MR) is 122 cm³/mol. The highest BCUT2D eigenvalue weighted by Gasteiger charge is 2.34. The van der Waals surface area contributed by atoms with Gasteiger partial charge in [0, 0.05) is 22.6 Å². The highest BCUT2D eigenvalue weighted by molar-refractivity contribution is 6.42. The molecule has 0 fully saturated rings. The van der Waals surface area contributed by atoms with Gasteiger partial charge in [0.2, 0.25) is 0 Å². The number of hydrogen-bond acceptors (Lipinski definition) is 6. The highest BCUT2D eigenvalue weighted by Crippen LogP contribution is 2.34. The van der Waals surface area contributed by atoms with Gasteiger partial charge in [-0.05, 0) is 41.1 Å². The average molecular weight is 431 g/mol. The first-order chi connectivity index (χ1) is 16.1. The molecule has 0 saturated carbocycles. The van der Waals surface area contributed by atoms with Gasteiger partial charge in [0.25, 0.3) is 11.6 Å². The maximum Gasteiger partial charge on any atom is 0.266 e. The van der Waals surface area contributed by atoms with E-state index >= 15 is 0 Å². The minimum Gasteiger partial charge on any atom is -0.451 e. The molecule has 0 radical (unpaired) electrons. The van der Waals surface area contributed by atoms with E-state index in [4.69, 9.17) is 13.3 Å². The Morgan fingerprint density at radius 2 is 1.33 bits per heavy atom. The molecule has 3 heterocycles. The van der Waals surface area contributed by atoms with Crippen molar-refractivity contribution in [3.05, 3.63) is 95.3 Å². The molecule has 0 bridgehead atoms. The lowest BCUT2D eigenvalue weighted by atomic mass is 10.0. The fraction of sp³-hybridized carbons (Fsp3) is 0. The standard InChI is InChI=1S/C27H13NO5/c29-24-18-9-14-5-1-2-6-15(14)10-19(18)25(30)20(24)12-17-13-23-26(31-17)28-27(33-23)22-11-16-7-3-4-8-21(16)32-22/h1-13H. The van der Waals surface area contributed by atoms with E-state index in [1.165, 1.54) is 6.08 Å². The number of hydrogen-bond donors (Lipinski definition) is 0. The van der Waals surface area contributed by atoms with Gasteiger partial charge in [-0.2, -0.15) is 4.98 Å². The van der Waals surface area contributed by atoms with Crippen molar-refractivity contribution in [3.63, 3.8) is 0 Å². The van der Waals surface area contributed by atoms with E-state index in [1.807, 2.05) is 54.6 Å². The summed E-state index contributed by atoms with van der Waals surface area (Å²) in [6, 6.07) is 22.3. The number of carbonyl (C=O) groups excluding carboxylic acids is 2. The Morgan fingerprint density at radius 3 is 2.00 bits per heavy atom. The zero-order valence-corrected chi connectivity index (χ0v) is 17.0. The number of allylic oxidation sites excluding steroid dienone is 1. The van der Waals surface area contributed by atoms with Crippen LogP contribution in [0, 0.1) is 0 Å². The molecule has 33 heavy (non-hydrogen) atoms. The maximum absolute atomic E-state index is 13.0. The zero-order valence-electron chi connectivity index (χ0n) is 17.0. The lowest BCUT2D eigenvalue weighted by Crippen LogP contribution is -1.99. The van der Waals surface area contributed by atoms with Crippen molar-refractivity contribution in [2.24, 2.45) is 0 Å². The van der Waals surface area contributed by atoms with E-state index in [0.717, 1.165) is 21.7 Å². The summed E-state index contributed by atoms with van der Waals surface area (Å²) in [6.07, 6.45) is 1.45. The van der Waals surface area contributed by atoms with Crippen molar-refractivity contribution in [1.82, 2.24) is 4.98 Å². The number of carbonyl (C=O) groups is 2. The number of ketones is 2. The molecule has 0 N–H and O–H groups in total. The molecule has 0 aliphatic heterocycles. The highest BCUT2D eigenvalue weighted by atomic mass is 16.4. The fourth-order valence-electron chi connectivity index (χ4n) is 4.30. The third kappa shape index (κ3) is 2.64. The van der Waals surface area contributed by atoms with Gasteiger partial charge < -0.3 is 13.3 Å². The summed E-state index contributed by atoms with van der Waals surface area (Å²) in [5.41, 5.74) is 2.28. The number of furan rings is 2. The average Bonchev–Trinajstić information content (AvgIpc) is 3.57. The van der Waals surface area contributed by atoms with Gasteiger partial charge in [-0.1, -0.05) is 42.5 Å². The second-order valence-electron chi connectivity index (χ2n) is 7.95. The zero-order chi connectivity index (χ0) is 22.1. The Bertz CT molecular complexity index is 1690. The molecule has 0 spiro atoms. The summed E-state index contributed by atoms with van der Waals surface area (Å²) < 4.78 is 17.3. The van der Waals surface area contributed by atoms with Crippen LogP contribution >= 0.6 is 0 Å². The molecular formula is C27H13NO5. The summed E-state index contributed by atoms with van der Waals surface area (Å²) in [7, 11) is 0. The Hall–Kier alpha value is -4.71. The number of benzene rings is 3. The normalized spacial score (nSPS) is 13.5. The van der Waals surface area contributed by atoms with Crippen molar-refractivity contribution >= 4 is 50.7 Å². The van der Waals surface area contributed by atoms with Crippen molar-refractivity contribution in [1.29, 1.82) is 0 Å². The summed E-state index contributed by atoms with van der Waals surface area (Å²) in [5.74, 6) is 0.480. The van der Waals surface area contributed by atoms with Crippen LogP contribution in [0.25, 0.3) is 50.8 Å². The van der Waals surface area contributed by atoms with Gasteiger partial charge in [-0.3, -0.25) is 9.59 Å². The molecule has 0 unspecified atom stereocenters. The number of aromatic nitrogens is 1. The minimum absolute atomic E-state index is 0.0641. The minimum atomic E-state index is -0.315. The molecule has 6 aromatic rings. The molecule has 7 rings (SSSR count). The summed E-state index contributed by atoms with van der Waals surface area (Å²) in [5, 5.41) is 2.77. The largest absolute Gasteiger partial charge is 0.451 e. The molecule has 1 aliphatic carbocycles. The monoisotopic (exact) mass is 431 g/mol. The van der Waals surface area contributed by atoms with Crippen LogP contribution in [-0.2, 0) is 0 Å². The number of nitrogens with zero attached hydrogens (tertiary/aromatic N) is 1. The van der Waals surface area contributed by atoms with Crippen LogP contribution < -0.4 is 0 Å². The lowest BCUT2D eigenvalue weighted by molar-refractivity contribution is 0.0990. The molecule has 0 atom stereocenters. The Morgan fingerprint density at radius 1 is 0.667 bits per heavy atom. The van der Waals surface area contributed by atoms with E-state index in [-0.39, 0.29) is 22.9 Å². The van der Waals surface area contributed by atoms with Crippen LogP contribution in [0.5, 0.6) is 0 Å². The van der Waals surface area contributed by atoms with Crippen LogP contribution in [-0.4, -0.2) is 16.6 Å². The van der Waals surface area contributed by atoms with E-state index < -0.39 is 0 Å². The number of fused-ring (bicyclic) bond motifs is 4. The first kappa shape index (κ1) is 17.9. The second-order valence-corrected chi connectivity index (χ2v) is 7.95. The molecule has 0 saturated heterocycles. The number of Topliss-reactive ketones (excluding diaryl/α,β-unsaturated/α-hetero) is 2. The smallest absolute Gasteiger partial charge is 0.266 e. The number of oxazole rings is 1. The van der Waals surface area contributed by atoms with Gasteiger partial charge in [0.1, 0.15) is 11.3 Å². The van der Waals surface area contributed by atoms with E-state index in [9.17, 15) is 9.59 Å². The Kier molecular flexibility index (Phi) is 3.47. The van der Waals surface area contributed by atoms with Gasteiger partial charge in [0.15, 0.2) is 22.9 Å². The number of rotatable bonds is 2. The number of para-hydroxylation sites is 1. The molecule has 6 heteroatoms. The van der Waals surface area contributed by atoms with Gasteiger partial charge >= 0.3 is 0 Å². The van der Waals surface area contributed by atoms with Crippen LogP contribution in [0.15, 0.2) is 91.6 Å². The van der Waals surface area contributed by atoms with E-state index in [1.54, 1.807) is 18.2 Å². The maximum atomic E-state index is 13.0. The first-order valence-electron chi connectivity index (χ1n) is 10.4. The van der Waals surface area contributed by atoms with Crippen molar-refractivity contribution in [2.45, 2.75) is 0 Å². The van der Waals surface area contributed by atoms with Gasteiger partial charge in [-0.15, -0.1) is 0 Å². The molecule has 3 aromatic carbocycles. The quantitative estimate of drug-likeness (QED) is 0.231. The SMILES string of the molecule is O=C1C(=Cc2cc3oc(-c4cc5ccccc5o4)nc3o2)C(=O)c2cc3ccccc3cc21. The van der Waals surface area contributed by atoms with Crippen molar-refractivity contribution in [2.75, 3.05) is 0 Å². The molecular weight excluding hydrogens is 418 g/mol. The first-order valence-corrected chi connectivity index (χ1v) is 10.4. The molecule has 3 aromatic heterocycles. The van der Waals surface area contributed by atoms with Gasteiger partial charge in [-0.25, -0.2) is 0 Å². The van der Waals surface area contributed by atoms with Crippen LogP contribution in [0.2, 0.25) is 0 Å². The lowest BCUT2D eigenvalue weighted by Gasteiger charge is -2.00. The molecule has 156 valence electrons. The third-order valence-corrected chi connectivity index (χ3v) is 5.90. The summed E-state index contributed by atoms with van der Waals surface area (Å²) in [6.45, 7) is 0. The molecule has 0 amide bonds. The summed E-state index contributed by atoms with van der Waals surface area (Å²) in [4.78, 5) is 30.3. The van der Waals surface area contributed by atoms with Crippen LogP contribution in [0.4, 0.5) is 0 Å².